The van der Waals surface area contributed by atoms with Gasteiger partial charge in [0, 0.05) is 11.1 Å². The molecule has 3 nitrogen and oxygen atoms in total. The van der Waals surface area contributed by atoms with Crippen molar-refractivity contribution in [3.05, 3.63) is 34.9 Å². The first-order valence-corrected chi connectivity index (χ1v) is 6.15. The number of nitrogens with one attached hydrogen (secondary N) is 2. The third-order valence-corrected chi connectivity index (χ3v) is 2.97. The third kappa shape index (κ3) is 4.06. The molecular weight excluding hydrogens is 248 g/mol. The predicted octanol–water partition coefficient (Wildman–Crippen LogP) is 2.13. The Morgan fingerprint density at radius 3 is 2.72 bits per heavy atom. The summed E-state index contributed by atoms with van der Waals surface area (Å²) < 4.78 is 0. The zero-order valence-corrected chi connectivity index (χ0v) is 11.3. The molecule has 0 aliphatic heterocycles. The van der Waals surface area contributed by atoms with Crippen molar-refractivity contribution >= 4 is 17.5 Å². The summed E-state index contributed by atoms with van der Waals surface area (Å²) in [5.41, 5.74) is 0.968. The van der Waals surface area contributed by atoms with Crippen molar-refractivity contribution in [1.29, 1.82) is 0 Å². The van der Waals surface area contributed by atoms with E-state index >= 15 is 0 Å². The lowest BCUT2D eigenvalue weighted by molar-refractivity contribution is -0.122. The highest BCUT2D eigenvalue weighted by Crippen LogP contribution is 2.22. The lowest BCUT2D eigenvalue weighted by Crippen LogP contribution is -2.43. The van der Waals surface area contributed by atoms with Crippen molar-refractivity contribution in [2.75, 3.05) is 6.54 Å². The fourth-order valence-corrected chi connectivity index (χ4v) is 1.96. The van der Waals surface area contributed by atoms with Crippen LogP contribution in [0.5, 0.6) is 0 Å². The standard InChI is InChI=1S/C14H17ClN2O/c1-4-9-16-14(18)11(3)17-10(2)12-7-5-6-8-13(12)15/h1,5-8,10-11,17H,9H2,2-3H3,(H,16,18)/t10-,11?/m1/s1. The number of carbonyl (C=O) groups is 1. The minimum atomic E-state index is -0.329. The van der Waals surface area contributed by atoms with Gasteiger partial charge in [-0.15, -0.1) is 6.42 Å². The highest BCUT2D eigenvalue weighted by Gasteiger charge is 2.16. The molecule has 0 radical (unpaired) electrons. The van der Waals surface area contributed by atoms with Crippen LogP contribution < -0.4 is 10.6 Å². The number of hydrogen-bond donors (Lipinski definition) is 2. The van der Waals surface area contributed by atoms with E-state index in [1.807, 2.05) is 31.2 Å². The molecule has 2 N–H and O–H groups in total. The van der Waals surface area contributed by atoms with Crippen LogP contribution in [-0.2, 0) is 4.79 Å². The fraction of sp³-hybridized carbons (Fsp3) is 0.357. The molecule has 1 amide bonds. The predicted molar refractivity (Wildman–Crippen MR) is 74.3 cm³/mol. The van der Waals surface area contributed by atoms with E-state index in [9.17, 15) is 4.79 Å². The van der Waals surface area contributed by atoms with Crippen LogP contribution in [0.3, 0.4) is 0 Å². The largest absolute Gasteiger partial charge is 0.344 e. The van der Waals surface area contributed by atoms with Crippen LogP contribution in [0, 0.1) is 12.3 Å². The van der Waals surface area contributed by atoms with E-state index in [4.69, 9.17) is 18.0 Å². The van der Waals surface area contributed by atoms with Crippen LogP contribution in [0.25, 0.3) is 0 Å². The van der Waals surface area contributed by atoms with Gasteiger partial charge >= 0.3 is 0 Å². The average Bonchev–Trinajstić information content (AvgIpc) is 2.36. The lowest BCUT2D eigenvalue weighted by atomic mass is 10.1. The van der Waals surface area contributed by atoms with Crippen LogP contribution in [0.1, 0.15) is 25.5 Å². The molecule has 1 unspecified atom stereocenters. The molecule has 0 saturated carbocycles. The normalized spacial score (nSPS) is 13.4. The van der Waals surface area contributed by atoms with Gasteiger partial charge in [-0.05, 0) is 25.5 Å². The number of benzene rings is 1. The minimum absolute atomic E-state index is 0.00899. The molecule has 0 aromatic heterocycles. The number of amides is 1. The Hall–Kier alpha value is -1.50. The van der Waals surface area contributed by atoms with Gasteiger partial charge in [-0.2, -0.15) is 0 Å². The summed E-state index contributed by atoms with van der Waals surface area (Å²) in [6, 6.07) is 7.23. The maximum Gasteiger partial charge on any atom is 0.237 e. The van der Waals surface area contributed by atoms with Crippen LogP contribution >= 0.6 is 11.6 Å². The smallest absolute Gasteiger partial charge is 0.237 e. The van der Waals surface area contributed by atoms with E-state index in [2.05, 4.69) is 16.6 Å². The molecule has 0 saturated heterocycles. The summed E-state index contributed by atoms with van der Waals surface area (Å²) in [5.74, 6) is 2.25. The van der Waals surface area contributed by atoms with Crippen molar-refractivity contribution in [1.82, 2.24) is 10.6 Å². The first-order chi connectivity index (χ1) is 8.56. The Kier molecular flexibility index (Phi) is 5.70. The molecule has 0 spiro atoms. The van der Waals surface area contributed by atoms with Crippen LogP contribution in [0.15, 0.2) is 24.3 Å². The highest BCUT2D eigenvalue weighted by molar-refractivity contribution is 6.31. The molecule has 0 heterocycles. The van der Waals surface area contributed by atoms with E-state index < -0.39 is 0 Å². The van der Waals surface area contributed by atoms with Gasteiger partial charge in [-0.25, -0.2) is 0 Å². The lowest BCUT2D eigenvalue weighted by Gasteiger charge is -2.20. The molecule has 1 rings (SSSR count). The van der Waals surface area contributed by atoms with E-state index in [1.165, 1.54) is 0 Å². The molecule has 1 aromatic rings. The Labute approximate surface area is 113 Å². The summed E-state index contributed by atoms with van der Waals surface area (Å²) in [4.78, 5) is 11.7. The van der Waals surface area contributed by atoms with Gasteiger partial charge in [0.05, 0.1) is 12.6 Å². The topological polar surface area (TPSA) is 41.1 Å². The zero-order valence-electron chi connectivity index (χ0n) is 10.5. The Bertz CT molecular complexity index is 453. The summed E-state index contributed by atoms with van der Waals surface area (Å²) in [7, 11) is 0. The quantitative estimate of drug-likeness (QED) is 0.800. The monoisotopic (exact) mass is 264 g/mol. The molecule has 2 atom stereocenters. The van der Waals surface area contributed by atoms with Gasteiger partial charge in [-0.3, -0.25) is 10.1 Å². The van der Waals surface area contributed by atoms with Crippen molar-refractivity contribution in [3.63, 3.8) is 0 Å². The van der Waals surface area contributed by atoms with Crippen molar-refractivity contribution in [3.8, 4) is 12.3 Å². The molecule has 0 fully saturated rings. The number of rotatable bonds is 5. The fourth-order valence-electron chi connectivity index (χ4n) is 1.66. The second kappa shape index (κ2) is 7.05. The molecule has 0 aliphatic rings. The number of carbonyl (C=O) groups excluding carboxylic acids is 1. The molecule has 0 aliphatic carbocycles. The van der Waals surface area contributed by atoms with Crippen LogP contribution in [0.2, 0.25) is 5.02 Å². The van der Waals surface area contributed by atoms with E-state index in [0.717, 1.165) is 5.56 Å². The first-order valence-electron chi connectivity index (χ1n) is 5.78. The van der Waals surface area contributed by atoms with E-state index in [1.54, 1.807) is 6.92 Å². The van der Waals surface area contributed by atoms with Crippen molar-refractivity contribution in [2.24, 2.45) is 0 Å². The maximum atomic E-state index is 11.7. The number of halogens is 1. The summed E-state index contributed by atoms with van der Waals surface area (Å²) in [5, 5.41) is 6.50. The Morgan fingerprint density at radius 1 is 1.44 bits per heavy atom. The number of terminal acetylenes is 1. The van der Waals surface area contributed by atoms with Gasteiger partial charge in [0.1, 0.15) is 0 Å². The highest BCUT2D eigenvalue weighted by atomic mass is 35.5. The van der Waals surface area contributed by atoms with E-state index in [0.29, 0.717) is 5.02 Å². The molecular formula is C14H17ClN2O. The van der Waals surface area contributed by atoms with Gasteiger partial charge in [0.15, 0.2) is 0 Å². The van der Waals surface area contributed by atoms with Crippen LogP contribution in [-0.4, -0.2) is 18.5 Å². The summed E-state index contributed by atoms with van der Waals surface area (Å²) in [6.45, 7) is 4.00. The molecule has 0 bridgehead atoms. The Morgan fingerprint density at radius 2 is 2.11 bits per heavy atom. The van der Waals surface area contributed by atoms with Crippen molar-refractivity contribution in [2.45, 2.75) is 25.9 Å². The minimum Gasteiger partial charge on any atom is -0.344 e. The SMILES string of the molecule is C#CCNC(=O)C(C)N[C@H](C)c1ccccc1Cl. The summed E-state index contributed by atoms with van der Waals surface area (Å²) in [6.07, 6.45) is 5.09. The second-order valence-electron chi connectivity index (χ2n) is 4.05. The van der Waals surface area contributed by atoms with Crippen molar-refractivity contribution < 1.29 is 4.79 Å². The van der Waals surface area contributed by atoms with Gasteiger partial charge in [0.2, 0.25) is 5.91 Å². The molecule has 4 heteroatoms. The average molecular weight is 265 g/mol. The van der Waals surface area contributed by atoms with Gasteiger partial charge in [-0.1, -0.05) is 35.7 Å². The molecule has 1 aromatic carbocycles. The van der Waals surface area contributed by atoms with Crippen LogP contribution in [0.4, 0.5) is 0 Å². The summed E-state index contributed by atoms with van der Waals surface area (Å²) >= 11 is 6.10. The third-order valence-electron chi connectivity index (χ3n) is 2.63. The molecule has 96 valence electrons. The van der Waals surface area contributed by atoms with E-state index in [-0.39, 0.29) is 24.5 Å². The van der Waals surface area contributed by atoms with Gasteiger partial charge < -0.3 is 5.32 Å². The zero-order chi connectivity index (χ0) is 13.5. The first kappa shape index (κ1) is 14.6. The number of hydrogen-bond acceptors (Lipinski definition) is 2. The second-order valence-corrected chi connectivity index (χ2v) is 4.46. The Balaban J connectivity index is 2.60. The maximum absolute atomic E-state index is 11.7. The van der Waals surface area contributed by atoms with Gasteiger partial charge in [0.25, 0.3) is 0 Å². The molecule has 18 heavy (non-hydrogen) atoms.